The van der Waals surface area contributed by atoms with Crippen LogP contribution < -0.4 is 29.8 Å². The van der Waals surface area contributed by atoms with Gasteiger partial charge in [-0.05, 0) is 77.2 Å². The molecule has 0 fully saturated rings. The molecular formula is C37H28N2O2P2. The van der Waals surface area contributed by atoms with Crippen LogP contribution in [0, 0.1) is 0 Å². The Morgan fingerprint density at radius 3 is 1.21 bits per heavy atom. The number of para-hydroxylation sites is 2. The third kappa shape index (κ3) is 5.14. The lowest BCUT2D eigenvalue weighted by atomic mass is 10.0. The van der Waals surface area contributed by atoms with Gasteiger partial charge in [-0.2, -0.15) is 0 Å². The zero-order valence-corrected chi connectivity index (χ0v) is 25.1. The molecule has 6 heteroatoms. The van der Waals surface area contributed by atoms with E-state index in [1.807, 2.05) is 24.3 Å². The van der Waals surface area contributed by atoms with E-state index in [4.69, 9.17) is 9.05 Å². The van der Waals surface area contributed by atoms with Crippen molar-refractivity contribution < 1.29 is 9.05 Å². The molecule has 2 atom stereocenters. The number of hydrogen-bond acceptors (Lipinski definition) is 4. The van der Waals surface area contributed by atoms with Crippen LogP contribution in [0.25, 0.3) is 22.3 Å². The Hall–Kier alpha value is -4.62. The highest BCUT2D eigenvalue weighted by atomic mass is 31.2. The third-order valence-corrected chi connectivity index (χ3v) is 11.1. The molecule has 0 aliphatic carbocycles. The quantitative estimate of drug-likeness (QED) is 0.189. The highest BCUT2D eigenvalue weighted by Gasteiger charge is 2.27. The van der Waals surface area contributed by atoms with Crippen molar-refractivity contribution in [1.29, 1.82) is 0 Å². The Morgan fingerprint density at radius 2 is 0.767 bits per heavy atom. The van der Waals surface area contributed by atoms with E-state index in [0.717, 1.165) is 40.4 Å². The van der Waals surface area contributed by atoms with Crippen molar-refractivity contribution in [2.45, 2.75) is 6.42 Å². The van der Waals surface area contributed by atoms with Gasteiger partial charge in [-0.15, -0.1) is 0 Å². The van der Waals surface area contributed by atoms with Gasteiger partial charge < -0.3 is 19.2 Å². The SMILES string of the molecule is c1ccc2c(c1)OP(Nc1ccc(Cc3ccc(NP4Oc5ccccc5-c5ccccc54)cc3)cc1)c1ccccc1-2. The molecule has 6 aromatic carbocycles. The summed E-state index contributed by atoms with van der Waals surface area (Å²) >= 11 is 0. The number of benzene rings is 6. The molecule has 0 saturated heterocycles. The molecule has 2 N–H and O–H groups in total. The first-order chi connectivity index (χ1) is 21.3. The maximum Gasteiger partial charge on any atom is 0.223 e. The first-order valence-corrected chi connectivity index (χ1v) is 16.8. The number of hydrogen-bond donors (Lipinski definition) is 2. The Bertz CT molecular complexity index is 1780. The van der Waals surface area contributed by atoms with Crippen LogP contribution in [0.3, 0.4) is 0 Å². The molecule has 0 bridgehead atoms. The molecule has 6 aromatic rings. The topological polar surface area (TPSA) is 42.5 Å². The molecule has 8 rings (SSSR count). The van der Waals surface area contributed by atoms with Gasteiger partial charge in [0.1, 0.15) is 11.5 Å². The average Bonchev–Trinajstić information content (AvgIpc) is 3.07. The van der Waals surface area contributed by atoms with Gasteiger partial charge in [0, 0.05) is 33.1 Å². The fourth-order valence-electron chi connectivity index (χ4n) is 5.62. The zero-order chi connectivity index (χ0) is 28.6. The normalized spacial score (nSPS) is 15.9. The van der Waals surface area contributed by atoms with Gasteiger partial charge in [0.05, 0.1) is 0 Å². The molecule has 0 aromatic heterocycles. The van der Waals surface area contributed by atoms with Gasteiger partial charge in [-0.3, -0.25) is 0 Å². The summed E-state index contributed by atoms with van der Waals surface area (Å²) in [6.07, 6.45) is 0.865. The summed E-state index contributed by atoms with van der Waals surface area (Å²) in [6, 6.07) is 50.9. The Kier molecular flexibility index (Phi) is 6.80. The van der Waals surface area contributed by atoms with Crippen LogP contribution in [0.5, 0.6) is 11.5 Å². The first-order valence-electron chi connectivity index (χ1n) is 14.3. The van der Waals surface area contributed by atoms with Crippen LogP contribution in [0.4, 0.5) is 11.4 Å². The second kappa shape index (κ2) is 11.2. The predicted molar refractivity (Wildman–Crippen MR) is 181 cm³/mol. The molecule has 0 saturated carbocycles. The molecule has 2 aliphatic rings. The van der Waals surface area contributed by atoms with Crippen LogP contribution in [-0.2, 0) is 6.42 Å². The van der Waals surface area contributed by atoms with Crippen LogP contribution in [0.1, 0.15) is 11.1 Å². The van der Waals surface area contributed by atoms with Gasteiger partial charge in [-0.25, -0.2) is 0 Å². The molecule has 2 unspecified atom stereocenters. The van der Waals surface area contributed by atoms with E-state index < -0.39 is 16.6 Å². The number of fused-ring (bicyclic) bond motifs is 6. The summed E-state index contributed by atoms with van der Waals surface area (Å²) in [7, 11) is -2.03. The van der Waals surface area contributed by atoms with Crippen LogP contribution in [-0.4, -0.2) is 0 Å². The maximum absolute atomic E-state index is 6.43. The monoisotopic (exact) mass is 594 g/mol. The summed E-state index contributed by atoms with van der Waals surface area (Å²) in [5.41, 5.74) is 9.42. The largest absolute Gasteiger partial charge is 0.448 e. The molecule has 0 amide bonds. The van der Waals surface area contributed by atoms with Gasteiger partial charge in [0.2, 0.25) is 16.6 Å². The highest BCUT2D eigenvalue weighted by molar-refractivity contribution is 7.63. The summed E-state index contributed by atoms with van der Waals surface area (Å²) in [5, 5.41) is 9.73. The van der Waals surface area contributed by atoms with Crippen molar-refractivity contribution in [3.8, 4) is 33.8 Å². The Balaban J connectivity index is 0.939. The summed E-state index contributed by atoms with van der Waals surface area (Å²) in [5.74, 6) is 1.86. The molecular weight excluding hydrogens is 566 g/mol. The minimum Gasteiger partial charge on any atom is -0.448 e. The fraction of sp³-hybridized carbons (Fsp3) is 0.0270. The van der Waals surface area contributed by atoms with Crippen LogP contribution in [0.2, 0.25) is 0 Å². The standard InChI is InChI=1S/C37H28N2O2P2/c1-5-13-34-30(9-1)32-11-3-7-15-36(32)42(40-34)38-28-21-17-26(18-22-28)25-27-19-23-29(24-20-27)39-43-37-16-8-4-12-33(37)31-10-2-6-14-35(31)41-43/h1-24,38-39H,25H2. The number of anilines is 2. The van der Waals surface area contributed by atoms with Crippen molar-refractivity contribution in [3.63, 3.8) is 0 Å². The van der Waals surface area contributed by atoms with E-state index in [1.165, 1.54) is 32.9 Å². The number of nitrogens with one attached hydrogen (secondary N) is 2. The predicted octanol–water partition coefficient (Wildman–Crippen LogP) is 9.49. The maximum atomic E-state index is 6.43. The second-order valence-corrected chi connectivity index (χ2v) is 13.5. The van der Waals surface area contributed by atoms with E-state index >= 15 is 0 Å². The molecule has 0 spiro atoms. The molecule has 208 valence electrons. The highest BCUT2D eigenvalue weighted by Crippen LogP contribution is 2.49. The summed E-state index contributed by atoms with van der Waals surface area (Å²) in [6.45, 7) is 0. The molecule has 2 heterocycles. The van der Waals surface area contributed by atoms with Gasteiger partial charge in [0.25, 0.3) is 0 Å². The van der Waals surface area contributed by atoms with E-state index in [-0.39, 0.29) is 0 Å². The minimum absolute atomic E-state index is 0.865. The van der Waals surface area contributed by atoms with E-state index in [9.17, 15) is 0 Å². The lowest BCUT2D eigenvalue weighted by Crippen LogP contribution is -2.18. The minimum atomic E-state index is -1.02. The van der Waals surface area contributed by atoms with Crippen molar-refractivity contribution in [1.82, 2.24) is 0 Å². The fourth-order valence-corrected chi connectivity index (χ4v) is 8.90. The van der Waals surface area contributed by atoms with E-state index in [0.29, 0.717) is 0 Å². The summed E-state index contributed by atoms with van der Waals surface area (Å²) < 4.78 is 12.9. The summed E-state index contributed by atoms with van der Waals surface area (Å²) in [4.78, 5) is 0. The number of rotatable bonds is 6. The molecule has 4 nitrogen and oxygen atoms in total. The smallest absolute Gasteiger partial charge is 0.223 e. The van der Waals surface area contributed by atoms with Crippen LogP contribution >= 0.6 is 16.6 Å². The van der Waals surface area contributed by atoms with Crippen molar-refractivity contribution in [3.05, 3.63) is 157 Å². The van der Waals surface area contributed by atoms with Crippen molar-refractivity contribution in [2.24, 2.45) is 0 Å². The van der Waals surface area contributed by atoms with Crippen molar-refractivity contribution >= 4 is 38.6 Å². The lowest BCUT2D eigenvalue weighted by Gasteiger charge is -2.28. The zero-order valence-electron chi connectivity index (χ0n) is 23.3. The second-order valence-electron chi connectivity index (χ2n) is 10.6. The molecule has 0 radical (unpaired) electrons. The molecule has 43 heavy (non-hydrogen) atoms. The van der Waals surface area contributed by atoms with Gasteiger partial charge in [-0.1, -0.05) is 97.1 Å². The van der Waals surface area contributed by atoms with Gasteiger partial charge in [0.15, 0.2) is 0 Å². The third-order valence-electron chi connectivity index (χ3n) is 7.76. The van der Waals surface area contributed by atoms with E-state index in [1.54, 1.807) is 0 Å². The first kappa shape index (κ1) is 26.0. The van der Waals surface area contributed by atoms with Crippen LogP contribution in [0.15, 0.2) is 146 Å². The van der Waals surface area contributed by atoms with E-state index in [2.05, 4.69) is 132 Å². The Morgan fingerprint density at radius 1 is 0.395 bits per heavy atom. The van der Waals surface area contributed by atoms with Gasteiger partial charge >= 0.3 is 0 Å². The van der Waals surface area contributed by atoms with Crippen molar-refractivity contribution in [2.75, 3.05) is 10.2 Å². The molecule has 2 aliphatic heterocycles. The lowest BCUT2D eigenvalue weighted by molar-refractivity contribution is 0.625. The average molecular weight is 595 g/mol. The Labute approximate surface area is 254 Å².